The number of ether oxygens (including phenoxy) is 1. The smallest absolute Gasteiger partial charge is 0.123 e. The lowest BCUT2D eigenvalue weighted by Crippen LogP contribution is -2.43. The molecule has 0 aliphatic carbocycles. The zero-order chi connectivity index (χ0) is 18.3. The zero-order valence-corrected chi connectivity index (χ0v) is 15.5. The summed E-state index contributed by atoms with van der Waals surface area (Å²) in [6.07, 6.45) is 5.66. The van der Waals surface area contributed by atoms with Crippen LogP contribution in [-0.4, -0.2) is 37.5 Å². The normalized spacial score (nSPS) is 19.0. The van der Waals surface area contributed by atoms with Crippen molar-refractivity contribution in [1.82, 2.24) is 4.90 Å². The topological polar surface area (TPSA) is 74.6 Å². The first-order valence-corrected chi connectivity index (χ1v) is 8.95. The van der Waals surface area contributed by atoms with Crippen LogP contribution in [0.3, 0.4) is 0 Å². The molecule has 1 saturated heterocycles. The molecule has 2 heterocycles. The number of rotatable bonds is 3. The van der Waals surface area contributed by atoms with Crippen molar-refractivity contribution in [2.24, 2.45) is 10.7 Å². The van der Waals surface area contributed by atoms with E-state index in [9.17, 15) is 0 Å². The SMILES string of the molecule is C/C(N)=C\C=N/CN1CCC2(CC1)COc1ccc(C#N)cc12.CC. The van der Waals surface area contributed by atoms with E-state index in [2.05, 4.69) is 16.0 Å². The maximum Gasteiger partial charge on any atom is 0.123 e. The molecular weight excluding hydrogens is 312 g/mol. The minimum atomic E-state index is 0.0656. The van der Waals surface area contributed by atoms with E-state index in [4.69, 9.17) is 15.7 Å². The van der Waals surface area contributed by atoms with E-state index in [1.165, 1.54) is 5.56 Å². The Hall–Kier alpha value is -2.32. The highest BCUT2D eigenvalue weighted by Crippen LogP contribution is 2.45. The molecule has 0 radical (unpaired) electrons. The third-order valence-corrected chi connectivity index (χ3v) is 4.72. The number of nitrogens with two attached hydrogens (primary N) is 1. The third-order valence-electron chi connectivity index (χ3n) is 4.72. The molecule has 1 spiro atoms. The van der Waals surface area contributed by atoms with Crippen LogP contribution in [0.2, 0.25) is 0 Å². The van der Waals surface area contributed by atoms with E-state index in [1.54, 1.807) is 6.21 Å². The summed E-state index contributed by atoms with van der Waals surface area (Å²) in [6, 6.07) is 7.99. The summed E-state index contributed by atoms with van der Waals surface area (Å²) in [5.74, 6) is 0.944. The van der Waals surface area contributed by atoms with Gasteiger partial charge >= 0.3 is 0 Å². The molecule has 3 rings (SSSR count). The highest BCUT2D eigenvalue weighted by molar-refractivity contribution is 5.71. The molecule has 0 amide bonds. The Morgan fingerprint density at radius 1 is 1.40 bits per heavy atom. The van der Waals surface area contributed by atoms with E-state index in [-0.39, 0.29) is 5.41 Å². The number of nitrogens with zero attached hydrogens (tertiary/aromatic N) is 3. The van der Waals surface area contributed by atoms with Crippen LogP contribution in [-0.2, 0) is 5.41 Å². The van der Waals surface area contributed by atoms with Gasteiger partial charge in [-0.2, -0.15) is 5.26 Å². The lowest BCUT2D eigenvalue weighted by Gasteiger charge is -2.37. The Bertz CT molecular complexity index is 675. The number of hydrogen-bond acceptors (Lipinski definition) is 5. The quantitative estimate of drug-likeness (QED) is 0.858. The molecular formula is C20H28N4O. The van der Waals surface area contributed by atoms with Gasteiger partial charge in [0.05, 0.1) is 24.9 Å². The van der Waals surface area contributed by atoms with E-state index in [1.807, 2.05) is 45.0 Å². The first-order valence-electron chi connectivity index (χ1n) is 8.95. The zero-order valence-electron chi connectivity index (χ0n) is 15.5. The predicted octanol–water partition coefficient (Wildman–Crippen LogP) is 3.20. The fourth-order valence-corrected chi connectivity index (χ4v) is 3.30. The number of allylic oxidation sites excluding steroid dienone is 2. The summed E-state index contributed by atoms with van der Waals surface area (Å²) < 4.78 is 5.87. The van der Waals surface area contributed by atoms with Crippen LogP contribution in [0, 0.1) is 11.3 Å². The molecule has 2 aliphatic rings. The van der Waals surface area contributed by atoms with Gasteiger partial charge in [0.25, 0.3) is 0 Å². The summed E-state index contributed by atoms with van der Waals surface area (Å²) >= 11 is 0. The first kappa shape index (κ1) is 19.0. The van der Waals surface area contributed by atoms with Gasteiger partial charge in [-0.05, 0) is 44.0 Å². The molecule has 1 fully saturated rings. The van der Waals surface area contributed by atoms with Gasteiger partial charge in [-0.25, -0.2) is 0 Å². The molecule has 0 aromatic heterocycles. The minimum absolute atomic E-state index is 0.0656. The number of nitriles is 1. The summed E-state index contributed by atoms with van der Waals surface area (Å²) in [4.78, 5) is 6.73. The second-order valence-corrected chi connectivity index (χ2v) is 6.39. The maximum atomic E-state index is 9.13. The molecule has 0 bridgehead atoms. The molecule has 0 atom stereocenters. The molecule has 1 aromatic carbocycles. The lowest BCUT2D eigenvalue weighted by molar-refractivity contribution is 0.138. The van der Waals surface area contributed by atoms with E-state index < -0.39 is 0 Å². The Labute approximate surface area is 150 Å². The van der Waals surface area contributed by atoms with Crippen LogP contribution in [0.15, 0.2) is 35.0 Å². The monoisotopic (exact) mass is 340 g/mol. The van der Waals surface area contributed by atoms with Gasteiger partial charge in [0, 0.05) is 36.0 Å². The first-order chi connectivity index (χ1) is 12.1. The van der Waals surface area contributed by atoms with Gasteiger partial charge in [0.15, 0.2) is 0 Å². The number of hydrogen-bond donors (Lipinski definition) is 1. The van der Waals surface area contributed by atoms with Crippen LogP contribution in [0.5, 0.6) is 5.75 Å². The van der Waals surface area contributed by atoms with Crippen molar-refractivity contribution in [3.8, 4) is 11.8 Å². The molecule has 134 valence electrons. The van der Waals surface area contributed by atoms with E-state index in [0.29, 0.717) is 12.2 Å². The van der Waals surface area contributed by atoms with Crippen molar-refractivity contribution >= 4 is 6.21 Å². The maximum absolute atomic E-state index is 9.13. The minimum Gasteiger partial charge on any atom is -0.492 e. The summed E-state index contributed by atoms with van der Waals surface area (Å²) in [5, 5.41) is 9.13. The van der Waals surface area contributed by atoms with Gasteiger partial charge in [-0.15, -0.1) is 0 Å². The summed E-state index contributed by atoms with van der Waals surface area (Å²) in [6.45, 7) is 9.25. The highest BCUT2D eigenvalue weighted by atomic mass is 16.5. The average molecular weight is 340 g/mol. The Balaban J connectivity index is 0.00000109. The van der Waals surface area contributed by atoms with Crippen LogP contribution >= 0.6 is 0 Å². The number of piperidine rings is 1. The Kier molecular flexibility index (Phi) is 6.60. The molecule has 1 aromatic rings. The van der Waals surface area contributed by atoms with Crippen molar-refractivity contribution in [2.45, 2.75) is 39.0 Å². The molecule has 0 saturated carbocycles. The molecule has 2 aliphatic heterocycles. The van der Waals surface area contributed by atoms with Crippen molar-refractivity contribution < 1.29 is 4.74 Å². The molecule has 2 N–H and O–H groups in total. The molecule has 5 nitrogen and oxygen atoms in total. The third kappa shape index (κ3) is 4.40. The van der Waals surface area contributed by atoms with Gasteiger partial charge in [0.2, 0.25) is 0 Å². The van der Waals surface area contributed by atoms with Crippen LogP contribution in [0.1, 0.15) is 44.7 Å². The number of fused-ring (bicyclic) bond motifs is 2. The van der Waals surface area contributed by atoms with Crippen LogP contribution < -0.4 is 10.5 Å². The van der Waals surface area contributed by atoms with Gasteiger partial charge < -0.3 is 10.5 Å². The number of likely N-dealkylation sites (tertiary alicyclic amines) is 1. The Morgan fingerprint density at radius 3 is 2.76 bits per heavy atom. The number of benzene rings is 1. The predicted molar refractivity (Wildman–Crippen MR) is 102 cm³/mol. The van der Waals surface area contributed by atoms with E-state index in [0.717, 1.165) is 44.0 Å². The van der Waals surface area contributed by atoms with Gasteiger partial charge in [0.1, 0.15) is 5.75 Å². The standard InChI is InChI=1S/C18H22N4O.C2H6/c1-14(20)4-7-21-13-22-8-5-18(6-9-22)12-23-17-3-2-15(11-19)10-16(17)18;1-2/h2-4,7,10H,5-6,8-9,12-13,20H2,1H3;1-2H3/b14-4+,21-7-;. The highest BCUT2D eigenvalue weighted by Gasteiger charge is 2.43. The van der Waals surface area contributed by atoms with Gasteiger partial charge in [-0.3, -0.25) is 9.89 Å². The van der Waals surface area contributed by atoms with Crippen molar-refractivity contribution in [1.29, 1.82) is 5.26 Å². The van der Waals surface area contributed by atoms with Crippen LogP contribution in [0.4, 0.5) is 0 Å². The lowest BCUT2D eigenvalue weighted by atomic mass is 9.74. The van der Waals surface area contributed by atoms with Gasteiger partial charge in [-0.1, -0.05) is 13.8 Å². The number of aliphatic imine (C=N–C) groups is 1. The van der Waals surface area contributed by atoms with Crippen molar-refractivity contribution in [3.63, 3.8) is 0 Å². The Morgan fingerprint density at radius 2 is 2.12 bits per heavy atom. The van der Waals surface area contributed by atoms with E-state index >= 15 is 0 Å². The second-order valence-electron chi connectivity index (χ2n) is 6.39. The van der Waals surface area contributed by atoms with Crippen LogP contribution in [0.25, 0.3) is 0 Å². The van der Waals surface area contributed by atoms with Crippen molar-refractivity contribution in [2.75, 3.05) is 26.4 Å². The fraction of sp³-hybridized carbons (Fsp3) is 0.500. The molecule has 25 heavy (non-hydrogen) atoms. The summed E-state index contributed by atoms with van der Waals surface area (Å²) in [7, 11) is 0. The van der Waals surface area contributed by atoms with Crippen molar-refractivity contribution in [3.05, 3.63) is 41.1 Å². The molecule has 0 unspecified atom stereocenters. The largest absolute Gasteiger partial charge is 0.492 e. The fourth-order valence-electron chi connectivity index (χ4n) is 3.30. The summed E-state index contributed by atoms with van der Waals surface area (Å²) in [5.41, 5.74) is 8.33. The average Bonchev–Trinajstić information content (AvgIpc) is 2.99. The second kappa shape index (κ2) is 8.68. The molecule has 5 heteroatoms.